The minimum atomic E-state index is -0.178. The van der Waals surface area contributed by atoms with E-state index in [1.165, 1.54) is 0 Å². The molecule has 1 amide bonds. The molecular weight excluding hydrogens is 345 g/mol. The summed E-state index contributed by atoms with van der Waals surface area (Å²) in [4.78, 5) is 12.4. The van der Waals surface area contributed by atoms with Crippen molar-refractivity contribution in [3.05, 3.63) is 81.5 Å². The van der Waals surface area contributed by atoms with Crippen molar-refractivity contribution in [2.75, 3.05) is 5.32 Å². The minimum Gasteiger partial charge on any atom is -0.307 e. The second-order valence-corrected chi connectivity index (χ2v) is 6.28. The Bertz CT molecular complexity index is 889. The number of carbonyl (C=O) groups is 1. The standard InChI is InChI=1S/C18H15Cl2N3O/c1-12-3-2-4-13(9-12)18(24)22-17-7-8-21-23(17)11-14-5-6-15(19)10-16(14)20/h2-10H,11H2,1H3,(H,22,24). The number of rotatable bonds is 4. The molecule has 0 aliphatic rings. The number of hydrogen-bond donors (Lipinski definition) is 1. The van der Waals surface area contributed by atoms with Crippen LogP contribution in [0.3, 0.4) is 0 Å². The van der Waals surface area contributed by atoms with Crippen LogP contribution in [0.4, 0.5) is 5.82 Å². The zero-order valence-corrected chi connectivity index (χ0v) is 14.5. The predicted molar refractivity (Wildman–Crippen MR) is 96.9 cm³/mol. The molecule has 24 heavy (non-hydrogen) atoms. The summed E-state index contributed by atoms with van der Waals surface area (Å²) in [7, 11) is 0. The molecule has 1 aromatic heterocycles. The van der Waals surface area contributed by atoms with E-state index < -0.39 is 0 Å². The fourth-order valence-corrected chi connectivity index (χ4v) is 2.82. The molecule has 0 radical (unpaired) electrons. The lowest BCUT2D eigenvalue weighted by Crippen LogP contribution is -2.16. The second kappa shape index (κ2) is 7.07. The lowest BCUT2D eigenvalue weighted by Gasteiger charge is -2.11. The summed E-state index contributed by atoms with van der Waals surface area (Å²) < 4.78 is 1.68. The Hall–Kier alpha value is -2.30. The highest BCUT2D eigenvalue weighted by Gasteiger charge is 2.11. The van der Waals surface area contributed by atoms with Crippen molar-refractivity contribution in [3.63, 3.8) is 0 Å². The van der Waals surface area contributed by atoms with Gasteiger partial charge in [0.15, 0.2) is 0 Å². The number of benzene rings is 2. The van der Waals surface area contributed by atoms with E-state index in [0.717, 1.165) is 11.1 Å². The summed E-state index contributed by atoms with van der Waals surface area (Å²) in [5.74, 6) is 0.426. The van der Waals surface area contributed by atoms with E-state index in [9.17, 15) is 4.79 Å². The Balaban J connectivity index is 1.79. The normalized spacial score (nSPS) is 10.6. The van der Waals surface area contributed by atoms with Crippen LogP contribution in [0.25, 0.3) is 0 Å². The van der Waals surface area contributed by atoms with Crippen molar-refractivity contribution in [3.8, 4) is 0 Å². The van der Waals surface area contributed by atoms with E-state index in [1.807, 2.05) is 31.2 Å². The van der Waals surface area contributed by atoms with Gasteiger partial charge in [-0.05, 0) is 36.8 Å². The third kappa shape index (κ3) is 3.78. The van der Waals surface area contributed by atoms with E-state index in [0.29, 0.717) is 28.0 Å². The summed E-state index contributed by atoms with van der Waals surface area (Å²) in [6.07, 6.45) is 1.63. The molecule has 0 saturated heterocycles. The van der Waals surface area contributed by atoms with Crippen LogP contribution < -0.4 is 5.32 Å². The highest BCUT2D eigenvalue weighted by atomic mass is 35.5. The third-order valence-corrected chi connectivity index (χ3v) is 4.16. The van der Waals surface area contributed by atoms with Crippen molar-refractivity contribution in [2.45, 2.75) is 13.5 Å². The van der Waals surface area contributed by atoms with Gasteiger partial charge in [-0.2, -0.15) is 5.10 Å². The monoisotopic (exact) mass is 359 g/mol. The molecule has 0 spiro atoms. The van der Waals surface area contributed by atoms with Gasteiger partial charge in [-0.1, -0.05) is 47.0 Å². The molecule has 0 aliphatic heterocycles. The number of hydrogen-bond acceptors (Lipinski definition) is 2. The van der Waals surface area contributed by atoms with Gasteiger partial charge in [-0.15, -0.1) is 0 Å². The zero-order valence-electron chi connectivity index (χ0n) is 13.0. The first-order valence-electron chi connectivity index (χ1n) is 7.37. The quantitative estimate of drug-likeness (QED) is 0.727. The van der Waals surface area contributed by atoms with Gasteiger partial charge in [-0.3, -0.25) is 4.79 Å². The Morgan fingerprint density at radius 3 is 2.75 bits per heavy atom. The second-order valence-electron chi connectivity index (χ2n) is 5.43. The predicted octanol–water partition coefficient (Wildman–Crippen LogP) is 4.80. The van der Waals surface area contributed by atoms with Crippen molar-refractivity contribution >= 4 is 34.9 Å². The van der Waals surface area contributed by atoms with E-state index in [1.54, 1.807) is 35.1 Å². The van der Waals surface area contributed by atoms with Gasteiger partial charge < -0.3 is 5.32 Å². The average molecular weight is 360 g/mol. The molecule has 0 fully saturated rings. The topological polar surface area (TPSA) is 46.9 Å². The summed E-state index contributed by atoms with van der Waals surface area (Å²) in [5, 5.41) is 8.27. The minimum absolute atomic E-state index is 0.178. The first kappa shape index (κ1) is 16.6. The largest absolute Gasteiger partial charge is 0.307 e. The summed E-state index contributed by atoms with van der Waals surface area (Å²) in [5.41, 5.74) is 2.51. The lowest BCUT2D eigenvalue weighted by molar-refractivity contribution is 0.102. The highest BCUT2D eigenvalue weighted by molar-refractivity contribution is 6.35. The van der Waals surface area contributed by atoms with E-state index in [4.69, 9.17) is 23.2 Å². The van der Waals surface area contributed by atoms with Gasteiger partial charge in [0.1, 0.15) is 5.82 Å². The Kier molecular flexibility index (Phi) is 4.88. The van der Waals surface area contributed by atoms with Crippen molar-refractivity contribution < 1.29 is 4.79 Å². The van der Waals surface area contributed by atoms with Crippen molar-refractivity contribution in [2.24, 2.45) is 0 Å². The van der Waals surface area contributed by atoms with Crippen LogP contribution in [-0.2, 0) is 6.54 Å². The van der Waals surface area contributed by atoms with Crippen LogP contribution in [0.5, 0.6) is 0 Å². The first-order chi connectivity index (χ1) is 11.5. The molecule has 4 nitrogen and oxygen atoms in total. The van der Waals surface area contributed by atoms with Crippen LogP contribution in [0.15, 0.2) is 54.7 Å². The summed E-state index contributed by atoms with van der Waals surface area (Å²) >= 11 is 12.1. The third-order valence-electron chi connectivity index (χ3n) is 3.57. The Morgan fingerprint density at radius 1 is 1.17 bits per heavy atom. The molecule has 0 unspecified atom stereocenters. The summed E-state index contributed by atoms with van der Waals surface area (Å²) in [6.45, 7) is 2.38. The molecule has 1 heterocycles. The Labute approximate surface area is 150 Å². The summed E-state index contributed by atoms with van der Waals surface area (Å²) in [6, 6.07) is 14.5. The molecule has 0 bridgehead atoms. The molecule has 122 valence electrons. The Morgan fingerprint density at radius 2 is 2.00 bits per heavy atom. The molecule has 2 aromatic carbocycles. The van der Waals surface area contributed by atoms with Gasteiger partial charge in [0.25, 0.3) is 5.91 Å². The number of nitrogens with zero attached hydrogens (tertiary/aromatic N) is 2. The SMILES string of the molecule is Cc1cccc(C(=O)Nc2ccnn2Cc2ccc(Cl)cc2Cl)c1. The number of aryl methyl sites for hydroxylation is 1. The number of aromatic nitrogens is 2. The number of nitrogens with one attached hydrogen (secondary N) is 1. The van der Waals surface area contributed by atoms with E-state index in [-0.39, 0.29) is 5.91 Å². The van der Waals surface area contributed by atoms with Crippen LogP contribution in [0.2, 0.25) is 10.0 Å². The molecule has 6 heteroatoms. The molecule has 1 N–H and O–H groups in total. The highest BCUT2D eigenvalue weighted by Crippen LogP contribution is 2.23. The molecule has 0 saturated carbocycles. The number of anilines is 1. The molecule has 3 rings (SSSR count). The average Bonchev–Trinajstić information content (AvgIpc) is 2.97. The van der Waals surface area contributed by atoms with Crippen molar-refractivity contribution in [1.82, 2.24) is 9.78 Å². The smallest absolute Gasteiger partial charge is 0.256 e. The van der Waals surface area contributed by atoms with E-state index >= 15 is 0 Å². The maximum atomic E-state index is 12.4. The van der Waals surface area contributed by atoms with Crippen LogP contribution in [-0.4, -0.2) is 15.7 Å². The van der Waals surface area contributed by atoms with Gasteiger partial charge in [0.2, 0.25) is 0 Å². The van der Waals surface area contributed by atoms with Crippen molar-refractivity contribution in [1.29, 1.82) is 0 Å². The lowest BCUT2D eigenvalue weighted by atomic mass is 10.1. The first-order valence-corrected chi connectivity index (χ1v) is 8.12. The number of carbonyl (C=O) groups excluding carboxylic acids is 1. The maximum Gasteiger partial charge on any atom is 0.256 e. The van der Waals surface area contributed by atoms with E-state index in [2.05, 4.69) is 10.4 Å². The molecule has 3 aromatic rings. The fourth-order valence-electron chi connectivity index (χ4n) is 2.35. The van der Waals surface area contributed by atoms with Gasteiger partial charge in [0.05, 0.1) is 12.7 Å². The van der Waals surface area contributed by atoms with Gasteiger partial charge >= 0.3 is 0 Å². The molecule has 0 aliphatic carbocycles. The molecule has 0 atom stereocenters. The molecular formula is C18H15Cl2N3O. The maximum absolute atomic E-state index is 12.4. The van der Waals surface area contributed by atoms with Gasteiger partial charge in [-0.25, -0.2) is 4.68 Å². The number of halogens is 2. The number of amides is 1. The van der Waals surface area contributed by atoms with Crippen LogP contribution >= 0.6 is 23.2 Å². The van der Waals surface area contributed by atoms with Crippen LogP contribution in [0, 0.1) is 6.92 Å². The van der Waals surface area contributed by atoms with Crippen LogP contribution in [0.1, 0.15) is 21.5 Å². The zero-order chi connectivity index (χ0) is 17.1. The van der Waals surface area contributed by atoms with Gasteiger partial charge in [0, 0.05) is 21.7 Å². The fraction of sp³-hybridized carbons (Fsp3) is 0.111.